The average Bonchev–Trinajstić information content (AvgIpc) is 2.71. The molecule has 0 saturated heterocycles. The van der Waals surface area contributed by atoms with Crippen molar-refractivity contribution in [2.75, 3.05) is 21.3 Å². The van der Waals surface area contributed by atoms with Gasteiger partial charge in [-0.05, 0) is 0 Å². The van der Waals surface area contributed by atoms with Crippen molar-refractivity contribution in [2.24, 2.45) is 5.10 Å². The molecule has 0 saturated carbocycles. The molecule has 1 aromatic heterocycles. The molecule has 0 amide bonds. The Labute approximate surface area is 113 Å². The zero-order valence-electron chi connectivity index (χ0n) is 10.1. The second kappa shape index (κ2) is 9.57. The van der Waals surface area contributed by atoms with Gasteiger partial charge in [-0.3, -0.25) is 0 Å². The first-order valence-corrected chi connectivity index (χ1v) is 5.87. The third-order valence-electron chi connectivity index (χ3n) is 1.37. The minimum Gasteiger partial charge on any atom is -0.388 e. The van der Waals surface area contributed by atoms with Crippen molar-refractivity contribution in [2.45, 2.75) is 6.54 Å². The van der Waals surface area contributed by atoms with Crippen LogP contribution in [0.1, 0.15) is 4.88 Å². The van der Waals surface area contributed by atoms with Crippen LogP contribution < -0.4 is 10.6 Å². The van der Waals surface area contributed by atoms with Gasteiger partial charge in [-0.25, -0.2) is 15.1 Å². The number of hydrogen-bond acceptors (Lipinski definition) is 5. The molecule has 0 aliphatic heterocycles. The number of nitrogens with one attached hydrogen (secondary N) is 2. The summed E-state index contributed by atoms with van der Waals surface area (Å²) in [5.41, 5.74) is 0. The summed E-state index contributed by atoms with van der Waals surface area (Å²) in [6.07, 6.45) is 1.60. The fourth-order valence-corrected chi connectivity index (χ4v) is 1.71. The fraction of sp³-hybridized carbons (Fsp3) is 0.500. The Kier molecular flexibility index (Phi) is 8.80. The maximum absolute atomic E-state index is 10.1. The van der Waals surface area contributed by atoms with E-state index in [0.29, 0.717) is 11.0 Å². The Morgan fingerprint density at radius 2 is 2.33 bits per heavy atom. The van der Waals surface area contributed by atoms with Gasteiger partial charge in [0.2, 0.25) is 0 Å². The lowest BCUT2D eigenvalue weighted by Gasteiger charge is -2.02. The molecular formula is C8H14ClN5O3S. The normalized spacial score (nSPS) is 10.3. The van der Waals surface area contributed by atoms with Crippen LogP contribution in [-0.2, 0) is 11.3 Å². The third-order valence-corrected chi connectivity index (χ3v) is 2.49. The molecule has 0 aromatic carbocycles. The Balaban J connectivity index is 0.000000873. The maximum Gasteiger partial charge on any atom is 0.268 e. The first-order valence-electron chi connectivity index (χ1n) is 4.68. The number of thiazole rings is 1. The van der Waals surface area contributed by atoms with Gasteiger partial charge in [0.25, 0.3) is 5.96 Å². The molecule has 0 aliphatic rings. The fourth-order valence-electron chi connectivity index (χ4n) is 0.792. The minimum atomic E-state index is -0.779. The van der Waals surface area contributed by atoms with Crippen molar-refractivity contribution < 1.29 is 9.77 Å². The number of hydrogen-bond donors (Lipinski definition) is 2. The molecule has 0 unspecified atom stereocenters. The van der Waals surface area contributed by atoms with Crippen LogP contribution in [0.2, 0.25) is 4.47 Å². The number of aromatic nitrogens is 1. The largest absolute Gasteiger partial charge is 0.388 e. The molecule has 1 heterocycles. The van der Waals surface area contributed by atoms with Crippen LogP contribution in [-0.4, -0.2) is 37.2 Å². The number of guanidine groups is 1. The molecule has 0 radical (unpaired) electrons. The quantitative estimate of drug-likeness (QED) is 0.372. The van der Waals surface area contributed by atoms with Crippen molar-refractivity contribution in [1.82, 2.24) is 15.6 Å². The lowest BCUT2D eigenvalue weighted by atomic mass is 10.5. The number of hydrazone groups is 1. The van der Waals surface area contributed by atoms with Gasteiger partial charge in [0, 0.05) is 32.3 Å². The molecule has 0 fully saturated rings. The SMILES string of the molecule is CN/C(=N\[N+](=O)[O-])NCc1cnc(Cl)s1.COC. The smallest absolute Gasteiger partial charge is 0.268 e. The molecule has 8 nitrogen and oxygen atoms in total. The highest BCUT2D eigenvalue weighted by atomic mass is 35.5. The highest BCUT2D eigenvalue weighted by molar-refractivity contribution is 7.15. The second-order valence-corrected chi connectivity index (χ2v) is 4.48. The van der Waals surface area contributed by atoms with Gasteiger partial charge in [0.1, 0.15) is 5.10 Å². The van der Waals surface area contributed by atoms with Gasteiger partial charge in [-0.2, -0.15) is 0 Å². The zero-order valence-corrected chi connectivity index (χ0v) is 11.7. The van der Waals surface area contributed by atoms with Gasteiger partial charge in [-0.15, -0.1) is 11.3 Å². The third kappa shape index (κ3) is 7.76. The molecule has 0 atom stereocenters. The van der Waals surface area contributed by atoms with Gasteiger partial charge < -0.3 is 15.4 Å². The predicted molar refractivity (Wildman–Crippen MR) is 70.4 cm³/mol. The Morgan fingerprint density at radius 1 is 1.72 bits per heavy atom. The first kappa shape index (κ1) is 16.6. The van der Waals surface area contributed by atoms with Crippen LogP contribution in [0.4, 0.5) is 0 Å². The number of methoxy groups -OCH3 is 1. The summed E-state index contributed by atoms with van der Waals surface area (Å²) in [6.45, 7) is 0.387. The zero-order chi connectivity index (χ0) is 14.0. The summed E-state index contributed by atoms with van der Waals surface area (Å²) >= 11 is 6.92. The Morgan fingerprint density at radius 3 is 2.72 bits per heavy atom. The Hall–Kier alpha value is -1.45. The minimum absolute atomic E-state index is 0.0875. The van der Waals surface area contributed by atoms with E-state index in [-0.39, 0.29) is 5.96 Å². The van der Waals surface area contributed by atoms with E-state index in [0.717, 1.165) is 4.88 Å². The summed E-state index contributed by atoms with van der Waals surface area (Å²) in [5.74, 6) is 0.0875. The molecule has 0 spiro atoms. The van der Waals surface area contributed by atoms with E-state index >= 15 is 0 Å². The van der Waals surface area contributed by atoms with Crippen molar-refractivity contribution in [1.29, 1.82) is 0 Å². The molecule has 102 valence electrons. The van der Waals surface area contributed by atoms with Crippen LogP contribution >= 0.6 is 22.9 Å². The number of halogens is 1. The van der Waals surface area contributed by atoms with E-state index in [1.165, 1.54) is 18.4 Å². The van der Waals surface area contributed by atoms with Crippen LogP contribution in [0.5, 0.6) is 0 Å². The molecule has 0 aliphatic carbocycles. The lowest BCUT2D eigenvalue weighted by molar-refractivity contribution is -0.485. The van der Waals surface area contributed by atoms with Crippen LogP contribution in [0, 0.1) is 10.1 Å². The standard InChI is InChI=1S/C6H8ClN5O2S.C2H6O/c1-8-6(11-12(13)14)10-3-4-2-9-5(7)15-4;1-3-2/h2H,3H2,1H3,(H2,8,10,11);1-2H3. The predicted octanol–water partition coefficient (Wildman–Crippen LogP) is 0.916. The molecule has 10 heteroatoms. The molecule has 18 heavy (non-hydrogen) atoms. The topological polar surface area (TPSA) is 102 Å². The second-order valence-electron chi connectivity index (χ2n) is 2.78. The van der Waals surface area contributed by atoms with Crippen LogP contribution in [0.15, 0.2) is 11.3 Å². The summed E-state index contributed by atoms with van der Waals surface area (Å²) in [4.78, 5) is 14.8. The van der Waals surface area contributed by atoms with Gasteiger partial charge in [-0.1, -0.05) is 11.6 Å². The van der Waals surface area contributed by atoms with Gasteiger partial charge in [0.05, 0.1) is 6.54 Å². The van der Waals surface area contributed by atoms with Crippen LogP contribution in [0.25, 0.3) is 0 Å². The number of rotatable bonds is 3. The van der Waals surface area contributed by atoms with E-state index < -0.39 is 5.03 Å². The van der Waals surface area contributed by atoms with Crippen molar-refractivity contribution in [3.8, 4) is 0 Å². The highest BCUT2D eigenvalue weighted by Gasteiger charge is 2.04. The van der Waals surface area contributed by atoms with Crippen molar-refractivity contribution >= 4 is 28.9 Å². The Bertz CT molecular complexity index is 398. The van der Waals surface area contributed by atoms with Crippen molar-refractivity contribution in [3.05, 3.63) is 25.7 Å². The van der Waals surface area contributed by atoms with Gasteiger partial charge >= 0.3 is 0 Å². The molecule has 2 N–H and O–H groups in total. The van der Waals surface area contributed by atoms with E-state index in [4.69, 9.17) is 11.6 Å². The number of nitrogens with zero attached hydrogens (tertiary/aromatic N) is 3. The monoisotopic (exact) mass is 295 g/mol. The number of nitro groups is 1. The lowest BCUT2D eigenvalue weighted by Crippen LogP contribution is -2.34. The summed E-state index contributed by atoms with van der Waals surface area (Å²) < 4.78 is 4.68. The summed E-state index contributed by atoms with van der Waals surface area (Å²) in [6, 6.07) is 0. The maximum atomic E-state index is 10.1. The molecule has 1 rings (SSSR count). The molecule has 0 bridgehead atoms. The van der Waals surface area contributed by atoms with Crippen molar-refractivity contribution in [3.63, 3.8) is 0 Å². The molecular weight excluding hydrogens is 282 g/mol. The van der Waals surface area contributed by atoms with E-state index in [1.54, 1.807) is 20.4 Å². The summed E-state index contributed by atoms with van der Waals surface area (Å²) in [5, 5.41) is 17.7. The first-order chi connectivity index (χ1) is 8.53. The van der Waals surface area contributed by atoms with Gasteiger partial charge in [0.15, 0.2) is 9.50 Å². The van der Waals surface area contributed by atoms with E-state index in [2.05, 4.69) is 25.5 Å². The van der Waals surface area contributed by atoms with Crippen LogP contribution in [0.3, 0.4) is 0 Å². The van der Waals surface area contributed by atoms with E-state index in [1.807, 2.05) is 0 Å². The molecule has 1 aromatic rings. The summed E-state index contributed by atoms with van der Waals surface area (Å²) in [7, 11) is 4.79. The van der Waals surface area contributed by atoms with E-state index in [9.17, 15) is 10.1 Å². The number of ether oxygens (including phenoxy) is 1. The average molecular weight is 296 g/mol. The highest BCUT2D eigenvalue weighted by Crippen LogP contribution is 2.16.